The largest absolute Gasteiger partial charge is 0.461 e. The van der Waals surface area contributed by atoms with Gasteiger partial charge < -0.3 is 10.5 Å². The molecule has 0 aliphatic carbocycles. The monoisotopic (exact) mass is 367 g/mol. The highest BCUT2D eigenvalue weighted by molar-refractivity contribution is 9.10. The average Bonchev–Trinajstić information content (AvgIpc) is 2.33. The molecule has 20 heavy (non-hydrogen) atoms. The fraction of sp³-hybridized carbons (Fsp3) is 0.417. The van der Waals surface area contributed by atoms with Crippen molar-refractivity contribution in [3.05, 3.63) is 28.0 Å². The van der Waals surface area contributed by atoms with Crippen LogP contribution in [0.15, 0.2) is 16.6 Å². The van der Waals surface area contributed by atoms with Crippen LogP contribution in [0.5, 0.6) is 0 Å². The Morgan fingerprint density at radius 1 is 1.40 bits per heavy atom. The van der Waals surface area contributed by atoms with Crippen LogP contribution in [0.25, 0.3) is 0 Å². The van der Waals surface area contributed by atoms with Crippen LogP contribution in [0.4, 0.5) is 10.1 Å². The summed E-state index contributed by atoms with van der Waals surface area (Å²) in [6, 6.07) is 2.20. The maximum Gasteiger partial charge on any atom is 0.339 e. The third-order valence-corrected chi connectivity index (χ3v) is 4.92. The summed E-state index contributed by atoms with van der Waals surface area (Å²) in [7, 11) is -3.21. The maximum absolute atomic E-state index is 13.1. The summed E-state index contributed by atoms with van der Waals surface area (Å²) in [4.78, 5) is 11.7. The lowest BCUT2D eigenvalue weighted by molar-refractivity contribution is 0.0528. The van der Waals surface area contributed by atoms with Gasteiger partial charge in [-0.3, -0.25) is 0 Å². The second kappa shape index (κ2) is 7.03. The van der Waals surface area contributed by atoms with Gasteiger partial charge in [0.05, 0.1) is 22.8 Å². The lowest BCUT2D eigenvalue weighted by atomic mass is 10.2. The van der Waals surface area contributed by atoms with E-state index < -0.39 is 21.6 Å². The molecule has 0 aromatic heterocycles. The van der Waals surface area contributed by atoms with Crippen molar-refractivity contribution in [2.24, 2.45) is 0 Å². The first kappa shape index (κ1) is 16.9. The third-order valence-electron chi connectivity index (χ3n) is 2.45. The molecule has 1 aromatic carbocycles. The van der Waals surface area contributed by atoms with Gasteiger partial charge in [0.25, 0.3) is 0 Å². The van der Waals surface area contributed by atoms with E-state index in [4.69, 9.17) is 10.5 Å². The molecule has 0 aliphatic rings. The molecule has 0 heterocycles. The van der Waals surface area contributed by atoms with E-state index in [0.717, 1.165) is 12.1 Å². The molecule has 1 aromatic rings. The molecule has 0 aliphatic heterocycles. The minimum absolute atomic E-state index is 0.0526. The zero-order valence-electron chi connectivity index (χ0n) is 10.9. The number of nitrogen functional groups attached to an aromatic ring is 1. The zero-order chi connectivity index (χ0) is 15.3. The van der Waals surface area contributed by atoms with Crippen molar-refractivity contribution in [3.63, 3.8) is 0 Å². The number of hydrogen-bond donors (Lipinski definition) is 1. The summed E-state index contributed by atoms with van der Waals surface area (Å²) >= 11 is 3.02. The summed E-state index contributed by atoms with van der Waals surface area (Å²) < 4.78 is 41.1. The van der Waals surface area contributed by atoms with Gasteiger partial charge in [0, 0.05) is 4.47 Å². The Kier molecular flexibility index (Phi) is 5.94. The zero-order valence-corrected chi connectivity index (χ0v) is 13.3. The molecule has 0 spiro atoms. The number of halogens is 2. The molecule has 0 atom stereocenters. The molecule has 2 N–H and O–H groups in total. The number of nitrogens with two attached hydrogens (primary N) is 1. The van der Waals surface area contributed by atoms with Gasteiger partial charge in [0.1, 0.15) is 12.4 Å². The molecule has 8 heteroatoms. The Bertz CT molecular complexity index is 604. The summed E-state index contributed by atoms with van der Waals surface area (Å²) in [5.41, 5.74) is 5.24. The molecule has 0 radical (unpaired) electrons. The molecular weight excluding hydrogens is 353 g/mol. The Hall–Kier alpha value is -1.15. The second-order valence-electron chi connectivity index (χ2n) is 4.14. The van der Waals surface area contributed by atoms with Crippen molar-refractivity contribution in [2.45, 2.75) is 13.3 Å². The first-order valence-corrected chi connectivity index (χ1v) is 8.50. The number of benzene rings is 1. The quantitative estimate of drug-likeness (QED) is 0.614. The highest BCUT2D eigenvalue weighted by atomic mass is 79.9. The number of sulfone groups is 1. The van der Waals surface area contributed by atoms with E-state index in [-0.39, 0.29) is 33.8 Å². The van der Waals surface area contributed by atoms with E-state index in [1.165, 1.54) is 0 Å². The van der Waals surface area contributed by atoms with Crippen LogP contribution >= 0.6 is 15.9 Å². The van der Waals surface area contributed by atoms with Gasteiger partial charge in [-0.15, -0.1) is 0 Å². The molecule has 0 fully saturated rings. The van der Waals surface area contributed by atoms with Gasteiger partial charge in [-0.1, -0.05) is 6.92 Å². The standard InChI is InChI=1S/C12H15BrFNO4S/c1-2-4-20(17,18)5-3-19-12(16)8-6-11(15)10(14)7-9(8)13/h6-7H,2-5,15H2,1H3. The summed E-state index contributed by atoms with van der Waals surface area (Å²) in [5, 5.41) is 0. The minimum atomic E-state index is -3.21. The predicted octanol–water partition coefficient (Wildman–Crippen LogP) is 2.15. The second-order valence-corrected chi connectivity index (χ2v) is 7.30. The fourth-order valence-corrected chi connectivity index (χ4v) is 3.12. The van der Waals surface area contributed by atoms with Gasteiger partial charge in [0.15, 0.2) is 9.84 Å². The Labute approximate surface area is 125 Å². The van der Waals surface area contributed by atoms with Crippen molar-refractivity contribution in [2.75, 3.05) is 23.8 Å². The molecule has 0 bridgehead atoms. The number of rotatable bonds is 6. The summed E-state index contributed by atoms with van der Waals surface area (Å²) in [6.45, 7) is 1.51. The van der Waals surface area contributed by atoms with E-state index in [1.807, 2.05) is 0 Å². The van der Waals surface area contributed by atoms with Crippen LogP contribution in [0.2, 0.25) is 0 Å². The Morgan fingerprint density at radius 3 is 2.65 bits per heavy atom. The Balaban J connectivity index is 2.67. The molecule has 5 nitrogen and oxygen atoms in total. The average molecular weight is 368 g/mol. The third kappa shape index (κ3) is 4.75. The first-order valence-electron chi connectivity index (χ1n) is 5.89. The minimum Gasteiger partial charge on any atom is -0.461 e. The van der Waals surface area contributed by atoms with Crippen molar-refractivity contribution in [3.8, 4) is 0 Å². The number of carbonyl (C=O) groups is 1. The summed E-state index contributed by atoms with van der Waals surface area (Å²) in [6.07, 6.45) is 0.510. The smallest absolute Gasteiger partial charge is 0.339 e. The number of hydrogen-bond acceptors (Lipinski definition) is 5. The lowest BCUT2D eigenvalue weighted by Crippen LogP contribution is -2.18. The number of ether oxygens (including phenoxy) is 1. The predicted molar refractivity (Wildman–Crippen MR) is 77.7 cm³/mol. The molecule has 0 saturated heterocycles. The van der Waals surface area contributed by atoms with Crippen molar-refractivity contribution >= 4 is 37.4 Å². The highest BCUT2D eigenvalue weighted by Crippen LogP contribution is 2.23. The van der Waals surface area contributed by atoms with Gasteiger partial charge in [0.2, 0.25) is 0 Å². The van der Waals surface area contributed by atoms with E-state index in [1.54, 1.807) is 6.92 Å². The number of anilines is 1. The first-order chi connectivity index (χ1) is 9.26. The van der Waals surface area contributed by atoms with E-state index in [2.05, 4.69) is 15.9 Å². The van der Waals surface area contributed by atoms with Crippen molar-refractivity contribution in [1.82, 2.24) is 0 Å². The van der Waals surface area contributed by atoms with E-state index in [0.29, 0.717) is 6.42 Å². The molecule has 1 rings (SSSR count). The normalized spacial score (nSPS) is 11.3. The topological polar surface area (TPSA) is 86.5 Å². The molecule has 0 saturated carbocycles. The van der Waals surface area contributed by atoms with Gasteiger partial charge in [-0.05, 0) is 34.5 Å². The number of carbonyl (C=O) groups excluding carboxylic acids is 1. The van der Waals surface area contributed by atoms with Crippen molar-refractivity contribution in [1.29, 1.82) is 0 Å². The van der Waals surface area contributed by atoms with Gasteiger partial charge in [-0.25, -0.2) is 17.6 Å². The fourth-order valence-electron chi connectivity index (χ4n) is 1.47. The van der Waals surface area contributed by atoms with Gasteiger partial charge >= 0.3 is 5.97 Å². The molecule has 0 unspecified atom stereocenters. The molecule has 112 valence electrons. The number of esters is 1. The van der Waals surface area contributed by atoms with Crippen LogP contribution in [-0.2, 0) is 14.6 Å². The lowest BCUT2D eigenvalue weighted by Gasteiger charge is -2.08. The van der Waals surface area contributed by atoms with E-state index >= 15 is 0 Å². The maximum atomic E-state index is 13.1. The van der Waals surface area contributed by atoms with Crippen LogP contribution < -0.4 is 5.73 Å². The van der Waals surface area contributed by atoms with Gasteiger partial charge in [-0.2, -0.15) is 0 Å². The van der Waals surface area contributed by atoms with Crippen LogP contribution in [-0.4, -0.2) is 32.5 Å². The Morgan fingerprint density at radius 2 is 2.05 bits per heavy atom. The molecule has 0 amide bonds. The van der Waals surface area contributed by atoms with Crippen LogP contribution in [0.3, 0.4) is 0 Å². The van der Waals surface area contributed by atoms with Crippen LogP contribution in [0, 0.1) is 5.82 Å². The summed E-state index contributed by atoms with van der Waals surface area (Å²) in [5.74, 6) is -1.59. The van der Waals surface area contributed by atoms with Crippen LogP contribution in [0.1, 0.15) is 23.7 Å². The van der Waals surface area contributed by atoms with Crippen molar-refractivity contribution < 1.29 is 22.3 Å². The molecular formula is C12H15BrFNO4S. The highest BCUT2D eigenvalue weighted by Gasteiger charge is 2.16. The van der Waals surface area contributed by atoms with E-state index in [9.17, 15) is 17.6 Å². The SMILES string of the molecule is CCCS(=O)(=O)CCOC(=O)c1cc(N)c(F)cc1Br.